The highest BCUT2D eigenvalue weighted by Crippen LogP contribution is 2.43. The van der Waals surface area contributed by atoms with Crippen LogP contribution < -0.4 is 10.1 Å². The summed E-state index contributed by atoms with van der Waals surface area (Å²) in [5.74, 6) is 0.0829. The number of nitrogens with one attached hydrogen (secondary N) is 1. The molecule has 1 aliphatic heterocycles. The summed E-state index contributed by atoms with van der Waals surface area (Å²) in [6.45, 7) is 6.53. The highest BCUT2D eigenvalue weighted by molar-refractivity contribution is 9.10. The first-order valence-corrected chi connectivity index (χ1v) is 16.4. The highest BCUT2D eigenvalue weighted by atomic mass is 79.9. The smallest absolute Gasteiger partial charge is 0.179 e. The van der Waals surface area contributed by atoms with Gasteiger partial charge in [-0.25, -0.2) is 27.2 Å². The van der Waals surface area contributed by atoms with E-state index >= 15 is 4.39 Å². The normalized spacial score (nSPS) is 17.9. The molecule has 0 aliphatic carbocycles. The first-order valence-electron chi connectivity index (χ1n) is 14.0. The third kappa shape index (κ3) is 6.43. The van der Waals surface area contributed by atoms with Crippen LogP contribution >= 0.6 is 15.9 Å². The molecule has 0 saturated heterocycles. The minimum atomic E-state index is -3.57. The fourth-order valence-electron chi connectivity index (χ4n) is 5.07. The molecule has 3 aromatic carbocycles. The predicted octanol–water partition coefficient (Wildman–Crippen LogP) is 7.70. The molecule has 4 aromatic rings. The number of anilines is 2. The van der Waals surface area contributed by atoms with Gasteiger partial charge in [-0.2, -0.15) is 0 Å². The zero-order valence-electron chi connectivity index (χ0n) is 24.6. The summed E-state index contributed by atoms with van der Waals surface area (Å²) >= 11 is 3.53. The molecule has 1 aliphatic rings. The van der Waals surface area contributed by atoms with Crippen molar-refractivity contribution in [1.82, 2.24) is 9.97 Å². The second-order valence-corrected chi connectivity index (χ2v) is 14.5. The number of hydrogen-bond donors (Lipinski definition) is 1. The molecular weight excluding hydrogens is 656 g/mol. The Balaban J connectivity index is 1.43. The summed E-state index contributed by atoms with van der Waals surface area (Å²) in [4.78, 5) is 8.67. The molecule has 0 fully saturated rings. The lowest BCUT2D eigenvalue weighted by molar-refractivity contribution is -0.107. The van der Waals surface area contributed by atoms with E-state index in [1.165, 1.54) is 37.7 Å². The Kier molecular flexibility index (Phi) is 9.24. The Morgan fingerprint density at radius 2 is 1.86 bits per heavy atom. The quantitative estimate of drug-likeness (QED) is 0.171. The summed E-state index contributed by atoms with van der Waals surface area (Å²) in [6.07, 6.45) is 4.00. The number of halogens is 3. The molecule has 0 radical (unpaired) electrons. The van der Waals surface area contributed by atoms with Crippen LogP contribution in [0.4, 0.5) is 20.3 Å². The number of benzene rings is 3. The number of sulfone groups is 1. The van der Waals surface area contributed by atoms with Gasteiger partial charge in [-0.15, -0.1) is 0 Å². The largest absolute Gasteiger partial charge is 0.488 e. The minimum Gasteiger partial charge on any atom is -0.488 e. The average Bonchev–Trinajstić information content (AvgIpc) is 3.47. The van der Waals surface area contributed by atoms with E-state index in [-0.39, 0.29) is 24.4 Å². The lowest BCUT2D eigenvalue weighted by atomic mass is 9.85. The zero-order valence-corrected chi connectivity index (χ0v) is 27.0. The van der Waals surface area contributed by atoms with Crippen molar-refractivity contribution in [2.75, 3.05) is 5.32 Å². The number of rotatable bonds is 11. The minimum absolute atomic E-state index is 0.191. The van der Waals surface area contributed by atoms with Gasteiger partial charge in [0.05, 0.1) is 21.5 Å². The molecule has 0 bridgehead atoms. The van der Waals surface area contributed by atoms with Crippen molar-refractivity contribution in [3.8, 4) is 5.75 Å². The van der Waals surface area contributed by atoms with E-state index in [0.29, 0.717) is 38.2 Å². The van der Waals surface area contributed by atoms with Gasteiger partial charge < -0.3 is 19.5 Å². The molecule has 1 N–H and O–H groups in total. The van der Waals surface area contributed by atoms with E-state index in [2.05, 4.69) is 31.2 Å². The maximum absolute atomic E-state index is 15.7. The van der Waals surface area contributed by atoms with E-state index in [0.717, 1.165) is 0 Å². The maximum atomic E-state index is 15.7. The lowest BCUT2D eigenvalue weighted by Gasteiger charge is -2.37. The van der Waals surface area contributed by atoms with Gasteiger partial charge in [0, 0.05) is 29.1 Å². The molecule has 0 saturated carbocycles. The Bertz CT molecular complexity index is 1810. The van der Waals surface area contributed by atoms with Gasteiger partial charge in [0.1, 0.15) is 42.2 Å². The monoisotopic (exact) mass is 687 g/mol. The van der Waals surface area contributed by atoms with Crippen molar-refractivity contribution in [2.45, 2.75) is 63.1 Å². The van der Waals surface area contributed by atoms with E-state index in [9.17, 15) is 12.8 Å². The number of fused-ring (bicyclic) bond motifs is 1. The standard InChI is InChI=1S/C32H32BrF2N3O5S/c1-19(2)44(39,40)21(4)43-20(3)32(11-6-12-42-32)26-15-25-29(16-28(26)35)36-18-37-31(25)38-24-9-10-30(27(33)14-24)41-17-22-7-5-8-23(34)13-22/h5-10,12-16,18-21H,11,17H2,1-4H3,(H,36,37,38). The van der Waals surface area contributed by atoms with Crippen molar-refractivity contribution in [3.63, 3.8) is 0 Å². The van der Waals surface area contributed by atoms with Crippen LogP contribution in [0.2, 0.25) is 0 Å². The lowest BCUT2D eigenvalue weighted by Crippen LogP contribution is -2.43. The van der Waals surface area contributed by atoms with Crippen LogP contribution in [0, 0.1) is 11.6 Å². The second-order valence-electron chi connectivity index (χ2n) is 10.8. The van der Waals surface area contributed by atoms with Crippen LogP contribution in [0.5, 0.6) is 5.75 Å². The first-order chi connectivity index (χ1) is 20.9. The number of aromatic nitrogens is 2. The van der Waals surface area contributed by atoms with E-state index in [1.54, 1.807) is 63.2 Å². The van der Waals surface area contributed by atoms with E-state index in [4.69, 9.17) is 14.2 Å². The Morgan fingerprint density at radius 1 is 1.07 bits per heavy atom. The van der Waals surface area contributed by atoms with Crippen LogP contribution in [0.15, 0.2) is 77.7 Å². The van der Waals surface area contributed by atoms with Crippen molar-refractivity contribution >= 4 is 48.2 Å². The van der Waals surface area contributed by atoms with E-state index in [1.807, 2.05) is 0 Å². The Labute approximate surface area is 263 Å². The summed E-state index contributed by atoms with van der Waals surface area (Å²) < 4.78 is 73.2. The summed E-state index contributed by atoms with van der Waals surface area (Å²) in [6, 6.07) is 14.5. The third-order valence-electron chi connectivity index (χ3n) is 7.63. The molecule has 2 heterocycles. The summed E-state index contributed by atoms with van der Waals surface area (Å²) in [5, 5.41) is 3.15. The molecule has 3 atom stereocenters. The third-order valence-corrected chi connectivity index (χ3v) is 10.6. The van der Waals surface area contributed by atoms with Crippen LogP contribution in [0.3, 0.4) is 0 Å². The molecule has 8 nitrogen and oxygen atoms in total. The van der Waals surface area contributed by atoms with Crippen LogP contribution in [-0.2, 0) is 31.5 Å². The molecular formula is C32H32BrF2N3O5S. The molecule has 3 unspecified atom stereocenters. The predicted molar refractivity (Wildman–Crippen MR) is 168 cm³/mol. The van der Waals surface area contributed by atoms with Crippen LogP contribution in [0.1, 0.15) is 45.2 Å². The Hall–Kier alpha value is -3.61. The van der Waals surface area contributed by atoms with Crippen molar-refractivity contribution < 1.29 is 31.4 Å². The average molecular weight is 689 g/mol. The van der Waals surface area contributed by atoms with Gasteiger partial charge in [-0.3, -0.25) is 0 Å². The van der Waals surface area contributed by atoms with Crippen molar-refractivity contribution in [3.05, 3.63) is 100 Å². The molecule has 1 aromatic heterocycles. The van der Waals surface area contributed by atoms with Gasteiger partial charge in [-0.1, -0.05) is 12.1 Å². The molecule has 44 heavy (non-hydrogen) atoms. The van der Waals surface area contributed by atoms with Crippen molar-refractivity contribution in [2.24, 2.45) is 0 Å². The molecule has 0 amide bonds. The second kappa shape index (κ2) is 12.8. The van der Waals surface area contributed by atoms with Gasteiger partial charge in [0.25, 0.3) is 0 Å². The molecule has 12 heteroatoms. The molecule has 0 spiro atoms. The SMILES string of the molecule is CC(OC(C)S(=O)(=O)C(C)C)C1(c2cc3c(Nc4ccc(OCc5cccc(F)c5)c(Br)c4)ncnc3cc2F)CC=CO1. The van der Waals surface area contributed by atoms with Gasteiger partial charge in [0.2, 0.25) is 0 Å². The molecule has 232 valence electrons. The van der Waals surface area contributed by atoms with Crippen LogP contribution in [-0.4, -0.2) is 35.2 Å². The van der Waals surface area contributed by atoms with E-state index < -0.39 is 38.0 Å². The van der Waals surface area contributed by atoms with Gasteiger partial charge in [-0.05, 0) is 91.7 Å². The maximum Gasteiger partial charge on any atom is 0.179 e. The summed E-state index contributed by atoms with van der Waals surface area (Å²) in [5.41, 5.74) is -0.513. The van der Waals surface area contributed by atoms with Gasteiger partial charge in [0.15, 0.2) is 20.9 Å². The fourth-order valence-corrected chi connectivity index (χ4v) is 6.66. The van der Waals surface area contributed by atoms with Crippen molar-refractivity contribution in [1.29, 1.82) is 0 Å². The number of ether oxygens (including phenoxy) is 3. The first kappa shape index (κ1) is 31.8. The van der Waals surface area contributed by atoms with Crippen LogP contribution in [0.25, 0.3) is 10.9 Å². The summed E-state index contributed by atoms with van der Waals surface area (Å²) in [7, 11) is -3.57. The topological polar surface area (TPSA) is 99.6 Å². The fraction of sp³-hybridized carbons (Fsp3) is 0.312. The highest BCUT2D eigenvalue weighted by Gasteiger charge is 2.46. The number of nitrogens with zero attached hydrogens (tertiary/aromatic N) is 2. The Morgan fingerprint density at radius 3 is 2.55 bits per heavy atom. The number of hydrogen-bond acceptors (Lipinski definition) is 8. The van der Waals surface area contributed by atoms with Gasteiger partial charge >= 0.3 is 0 Å². The zero-order chi connectivity index (χ0) is 31.6. The molecule has 5 rings (SSSR count).